The minimum absolute atomic E-state index is 0.125. The first-order chi connectivity index (χ1) is 10.2. The Morgan fingerprint density at radius 1 is 1.62 bits per heavy atom. The molecular formula is C16H19N5. The number of rotatable bonds is 5. The predicted octanol–water partition coefficient (Wildman–Crippen LogP) is 3.18. The zero-order chi connectivity index (χ0) is 15.2. The molecule has 2 heterocycles. The summed E-state index contributed by atoms with van der Waals surface area (Å²) in [6.07, 6.45) is 10.5. The van der Waals surface area contributed by atoms with Crippen molar-refractivity contribution in [1.82, 2.24) is 15.1 Å². The molecule has 1 N–H and O–H groups in total. The molecule has 1 atom stereocenters. The quantitative estimate of drug-likeness (QED) is 0.901. The predicted molar refractivity (Wildman–Crippen MR) is 84.3 cm³/mol. The molecule has 2 rings (SSSR count). The molecule has 0 spiro atoms. The van der Waals surface area contributed by atoms with Gasteiger partial charge in [-0.2, -0.15) is 10.4 Å². The molecule has 5 heteroatoms. The average Bonchev–Trinajstić information content (AvgIpc) is 3.13. The van der Waals surface area contributed by atoms with Gasteiger partial charge in [-0.25, -0.2) is 4.99 Å². The summed E-state index contributed by atoms with van der Waals surface area (Å²) < 4.78 is 1.87. The van der Waals surface area contributed by atoms with E-state index in [1.54, 1.807) is 12.4 Å². The van der Waals surface area contributed by atoms with E-state index >= 15 is 0 Å². The average molecular weight is 281 g/mol. The summed E-state index contributed by atoms with van der Waals surface area (Å²) in [7, 11) is 0. The van der Waals surface area contributed by atoms with Crippen LogP contribution in [0, 0.1) is 11.3 Å². The largest absolute Gasteiger partial charge is 0.347 e. The van der Waals surface area contributed by atoms with Crippen LogP contribution in [0.3, 0.4) is 0 Å². The van der Waals surface area contributed by atoms with E-state index < -0.39 is 0 Å². The number of nitrogens with one attached hydrogen (secondary N) is 1. The van der Waals surface area contributed by atoms with Gasteiger partial charge in [0.15, 0.2) is 0 Å². The summed E-state index contributed by atoms with van der Waals surface area (Å²) in [5, 5.41) is 16.3. The molecule has 21 heavy (non-hydrogen) atoms. The van der Waals surface area contributed by atoms with Gasteiger partial charge in [-0.1, -0.05) is 13.5 Å². The lowest BCUT2D eigenvalue weighted by atomic mass is 10.0. The Hall–Kier alpha value is -2.61. The van der Waals surface area contributed by atoms with Gasteiger partial charge in [0, 0.05) is 23.5 Å². The molecule has 0 saturated carbocycles. The number of aromatic nitrogens is 2. The summed E-state index contributed by atoms with van der Waals surface area (Å²) in [4.78, 5) is 4.27. The molecule has 1 unspecified atom stereocenters. The Labute approximate surface area is 125 Å². The molecule has 1 aliphatic rings. The van der Waals surface area contributed by atoms with Crippen LogP contribution in [0.2, 0.25) is 0 Å². The number of amidine groups is 1. The van der Waals surface area contributed by atoms with Gasteiger partial charge in [0.05, 0.1) is 24.7 Å². The van der Waals surface area contributed by atoms with Gasteiger partial charge in [-0.3, -0.25) is 4.68 Å². The number of nitriles is 1. The second-order valence-electron chi connectivity index (χ2n) is 4.81. The van der Waals surface area contributed by atoms with Crippen molar-refractivity contribution < 1.29 is 0 Å². The topological polar surface area (TPSA) is 66.0 Å². The van der Waals surface area contributed by atoms with Crippen LogP contribution < -0.4 is 5.32 Å². The van der Waals surface area contributed by atoms with Crippen LogP contribution in [-0.4, -0.2) is 15.6 Å². The van der Waals surface area contributed by atoms with E-state index in [1.807, 2.05) is 30.1 Å². The van der Waals surface area contributed by atoms with E-state index in [4.69, 9.17) is 5.26 Å². The van der Waals surface area contributed by atoms with Crippen molar-refractivity contribution in [3.05, 3.63) is 48.6 Å². The smallest absolute Gasteiger partial charge is 0.137 e. The first-order valence-electron chi connectivity index (χ1n) is 6.95. The van der Waals surface area contributed by atoms with Crippen molar-refractivity contribution in [2.45, 2.75) is 32.7 Å². The van der Waals surface area contributed by atoms with Gasteiger partial charge in [0.2, 0.25) is 0 Å². The van der Waals surface area contributed by atoms with Crippen molar-refractivity contribution in [2.24, 2.45) is 4.99 Å². The summed E-state index contributed by atoms with van der Waals surface area (Å²) in [6, 6.07) is 2.34. The maximum Gasteiger partial charge on any atom is 0.137 e. The Morgan fingerprint density at radius 3 is 3.10 bits per heavy atom. The highest BCUT2D eigenvalue weighted by Gasteiger charge is 2.15. The molecule has 1 aromatic rings. The Balaban J connectivity index is 2.29. The van der Waals surface area contributed by atoms with E-state index in [1.165, 1.54) is 0 Å². The number of allylic oxidation sites excluding steroid dienone is 1. The fourth-order valence-corrected chi connectivity index (χ4v) is 2.27. The maximum atomic E-state index is 8.87. The van der Waals surface area contributed by atoms with E-state index in [9.17, 15) is 0 Å². The van der Waals surface area contributed by atoms with Gasteiger partial charge in [0.1, 0.15) is 5.84 Å². The normalized spacial score (nSPS) is 17.1. The molecular weight excluding hydrogens is 262 g/mol. The third-order valence-corrected chi connectivity index (χ3v) is 3.55. The first-order valence-corrected chi connectivity index (χ1v) is 6.95. The van der Waals surface area contributed by atoms with Crippen LogP contribution in [0.1, 0.15) is 38.3 Å². The van der Waals surface area contributed by atoms with Crippen LogP contribution in [0.15, 0.2) is 48.0 Å². The van der Waals surface area contributed by atoms with Crippen molar-refractivity contribution >= 4 is 11.4 Å². The molecule has 5 nitrogen and oxygen atoms in total. The summed E-state index contributed by atoms with van der Waals surface area (Å²) >= 11 is 0. The zero-order valence-electron chi connectivity index (χ0n) is 12.4. The third kappa shape index (κ3) is 3.11. The highest BCUT2D eigenvalue weighted by Crippen LogP contribution is 2.24. The molecule has 0 fully saturated rings. The Bertz CT molecular complexity index is 654. The minimum atomic E-state index is 0.125. The highest BCUT2D eigenvalue weighted by atomic mass is 15.3. The van der Waals surface area contributed by atoms with Crippen LogP contribution in [0.5, 0.6) is 0 Å². The monoisotopic (exact) mass is 281 g/mol. The summed E-state index contributed by atoms with van der Waals surface area (Å²) in [5.41, 5.74) is 3.16. The molecule has 0 saturated heterocycles. The molecule has 0 aliphatic carbocycles. The zero-order valence-corrected chi connectivity index (χ0v) is 12.4. The van der Waals surface area contributed by atoms with Gasteiger partial charge in [-0.15, -0.1) is 0 Å². The molecule has 1 aromatic heterocycles. The Kier molecular flexibility index (Phi) is 4.72. The van der Waals surface area contributed by atoms with Crippen LogP contribution in [0.4, 0.5) is 0 Å². The van der Waals surface area contributed by atoms with Crippen LogP contribution in [-0.2, 0) is 0 Å². The van der Waals surface area contributed by atoms with Gasteiger partial charge >= 0.3 is 0 Å². The van der Waals surface area contributed by atoms with Crippen LogP contribution >= 0.6 is 0 Å². The lowest BCUT2D eigenvalue weighted by molar-refractivity contribution is 0.448. The second-order valence-corrected chi connectivity index (χ2v) is 4.81. The Morgan fingerprint density at radius 2 is 2.43 bits per heavy atom. The van der Waals surface area contributed by atoms with Crippen LogP contribution in [0.25, 0.3) is 5.57 Å². The fraction of sp³-hybridized carbons (Fsp3) is 0.312. The summed E-state index contributed by atoms with van der Waals surface area (Å²) in [5.74, 6) is 0.791. The van der Waals surface area contributed by atoms with Crippen molar-refractivity contribution in [2.75, 3.05) is 0 Å². The standard InChI is InChI=1S/C16H19N5/c1-4-14(6-8-17)21-11-13(10-20-21)12(3)15-7-9-19-16(15)18-5-2/h5,7,9-11,14H,2,4,6H2,1,3H3,(H,18,19)/b15-12+. The third-order valence-electron chi connectivity index (χ3n) is 3.55. The van der Waals surface area contributed by atoms with Gasteiger partial charge in [-0.05, 0) is 31.2 Å². The number of hydrogen-bond acceptors (Lipinski definition) is 4. The molecule has 1 aliphatic heterocycles. The molecule has 108 valence electrons. The highest BCUT2D eigenvalue weighted by molar-refractivity contribution is 6.09. The van der Waals surface area contributed by atoms with E-state index in [2.05, 4.69) is 35.0 Å². The minimum Gasteiger partial charge on any atom is -0.347 e. The van der Waals surface area contributed by atoms with Crippen molar-refractivity contribution in [3.8, 4) is 6.07 Å². The first kappa shape index (κ1) is 14.8. The second kappa shape index (κ2) is 6.71. The number of nitrogens with zero attached hydrogens (tertiary/aromatic N) is 4. The SMILES string of the molecule is C=CNC1=NC=C/C1=C(/C)c1cnn(C(CC)CC#N)c1. The molecule has 0 radical (unpaired) electrons. The molecule has 0 aromatic carbocycles. The maximum absolute atomic E-state index is 8.87. The van der Waals surface area contributed by atoms with E-state index in [0.29, 0.717) is 6.42 Å². The molecule has 0 amide bonds. The number of aliphatic imine (C=N–C) groups is 1. The van der Waals surface area contributed by atoms with Gasteiger partial charge < -0.3 is 5.32 Å². The molecule has 0 bridgehead atoms. The van der Waals surface area contributed by atoms with Crippen molar-refractivity contribution in [3.63, 3.8) is 0 Å². The lowest BCUT2D eigenvalue weighted by Crippen LogP contribution is -2.17. The lowest BCUT2D eigenvalue weighted by Gasteiger charge is -2.11. The number of hydrogen-bond donors (Lipinski definition) is 1. The van der Waals surface area contributed by atoms with E-state index in [0.717, 1.165) is 29.0 Å². The summed E-state index contributed by atoms with van der Waals surface area (Å²) in [6.45, 7) is 7.76. The van der Waals surface area contributed by atoms with Gasteiger partial charge in [0.25, 0.3) is 0 Å². The van der Waals surface area contributed by atoms with E-state index in [-0.39, 0.29) is 6.04 Å². The van der Waals surface area contributed by atoms with Crippen molar-refractivity contribution in [1.29, 1.82) is 5.26 Å². The fourth-order valence-electron chi connectivity index (χ4n) is 2.27.